The maximum absolute atomic E-state index is 2.39. The molecule has 138 valence electrons. The van der Waals surface area contributed by atoms with Gasteiger partial charge in [-0.25, -0.2) is 0 Å². The van der Waals surface area contributed by atoms with Crippen LogP contribution in [0.2, 0.25) is 0 Å². The Labute approximate surface area is 148 Å². The molecular formula is C23H46. The summed E-state index contributed by atoms with van der Waals surface area (Å²) in [5.74, 6) is 0. The second kappa shape index (κ2) is 19.8. The first-order valence-corrected chi connectivity index (χ1v) is 11.0. The fourth-order valence-electron chi connectivity index (χ4n) is 3.39. The minimum atomic E-state index is 1.36. The van der Waals surface area contributed by atoms with Crippen molar-refractivity contribution >= 4 is 0 Å². The van der Waals surface area contributed by atoms with Crippen LogP contribution in [0.1, 0.15) is 136 Å². The van der Waals surface area contributed by atoms with Crippen molar-refractivity contribution in [2.24, 2.45) is 0 Å². The van der Waals surface area contributed by atoms with Crippen molar-refractivity contribution in [3.63, 3.8) is 0 Å². The molecule has 0 aromatic heterocycles. The van der Waals surface area contributed by atoms with Gasteiger partial charge in [0.1, 0.15) is 0 Å². The normalized spacial score (nSPS) is 10.9. The van der Waals surface area contributed by atoms with Crippen LogP contribution >= 0.6 is 0 Å². The van der Waals surface area contributed by atoms with Crippen molar-refractivity contribution in [2.75, 3.05) is 0 Å². The monoisotopic (exact) mass is 322 g/mol. The van der Waals surface area contributed by atoms with Crippen molar-refractivity contribution in [3.05, 3.63) is 11.6 Å². The Morgan fingerprint density at radius 3 is 1.09 bits per heavy atom. The van der Waals surface area contributed by atoms with Gasteiger partial charge in [-0.15, -0.1) is 0 Å². The highest BCUT2D eigenvalue weighted by molar-refractivity contribution is 4.99. The zero-order chi connectivity index (χ0) is 17.0. The van der Waals surface area contributed by atoms with Crippen molar-refractivity contribution in [2.45, 2.75) is 136 Å². The predicted molar refractivity (Wildman–Crippen MR) is 108 cm³/mol. The number of unbranched alkanes of at least 4 members (excludes halogenated alkanes) is 14. The molecule has 0 heteroatoms. The van der Waals surface area contributed by atoms with Crippen molar-refractivity contribution in [1.82, 2.24) is 0 Å². The van der Waals surface area contributed by atoms with E-state index in [1.54, 1.807) is 5.57 Å². The minimum Gasteiger partial charge on any atom is -0.0885 e. The van der Waals surface area contributed by atoms with Gasteiger partial charge in [-0.2, -0.15) is 0 Å². The van der Waals surface area contributed by atoms with E-state index in [9.17, 15) is 0 Å². The van der Waals surface area contributed by atoms with Crippen LogP contribution in [0.15, 0.2) is 11.6 Å². The van der Waals surface area contributed by atoms with Gasteiger partial charge in [-0.1, -0.05) is 115 Å². The molecule has 0 bridgehead atoms. The zero-order valence-electron chi connectivity index (χ0n) is 16.8. The highest BCUT2D eigenvalue weighted by Crippen LogP contribution is 2.18. The Kier molecular flexibility index (Phi) is 19.6. The molecule has 0 unspecified atom stereocenters. The van der Waals surface area contributed by atoms with Gasteiger partial charge < -0.3 is 0 Å². The molecule has 0 aliphatic carbocycles. The van der Waals surface area contributed by atoms with Gasteiger partial charge in [0.15, 0.2) is 0 Å². The molecule has 23 heavy (non-hydrogen) atoms. The first-order chi connectivity index (χ1) is 11.3. The second-order valence-corrected chi connectivity index (χ2v) is 7.40. The number of hydrogen-bond acceptors (Lipinski definition) is 0. The quantitative estimate of drug-likeness (QED) is 0.174. The van der Waals surface area contributed by atoms with Crippen LogP contribution in [-0.4, -0.2) is 0 Å². The van der Waals surface area contributed by atoms with E-state index in [4.69, 9.17) is 0 Å². The average Bonchev–Trinajstić information content (AvgIpc) is 2.57. The van der Waals surface area contributed by atoms with E-state index in [1.807, 2.05) is 0 Å². The molecule has 0 aromatic rings. The SMILES string of the molecule is CC=C(CCCCCCCCCC)CCCCCCCCCC. The molecule has 0 aromatic carbocycles. The maximum Gasteiger partial charge on any atom is -0.0320 e. The molecule has 0 aliphatic heterocycles. The smallest absolute Gasteiger partial charge is 0.0320 e. The predicted octanol–water partition coefficient (Wildman–Crippen LogP) is 8.99. The molecule has 0 saturated carbocycles. The van der Waals surface area contributed by atoms with Crippen LogP contribution in [0.4, 0.5) is 0 Å². The topological polar surface area (TPSA) is 0 Å². The standard InChI is InChI=1S/C23H46/c1-4-7-9-11-13-15-17-19-21-23(6-3)22-20-18-16-14-12-10-8-5-2/h6H,4-5,7-22H2,1-3H3. The van der Waals surface area contributed by atoms with Gasteiger partial charge in [0.05, 0.1) is 0 Å². The summed E-state index contributed by atoms with van der Waals surface area (Å²) in [4.78, 5) is 0. The molecule has 0 fully saturated rings. The van der Waals surface area contributed by atoms with Crippen LogP contribution in [0.5, 0.6) is 0 Å². The first kappa shape index (κ1) is 22.7. The summed E-state index contributed by atoms with van der Waals surface area (Å²) >= 11 is 0. The Bertz CT molecular complexity index is 216. The molecule has 0 N–H and O–H groups in total. The molecular weight excluding hydrogens is 276 g/mol. The fraction of sp³-hybridized carbons (Fsp3) is 0.913. The van der Waals surface area contributed by atoms with E-state index < -0.39 is 0 Å². The third kappa shape index (κ3) is 17.9. The summed E-state index contributed by atoms with van der Waals surface area (Å²) in [6.45, 7) is 6.83. The summed E-state index contributed by atoms with van der Waals surface area (Å²) in [6.07, 6.45) is 28.1. The van der Waals surface area contributed by atoms with Crippen LogP contribution in [0.25, 0.3) is 0 Å². The third-order valence-electron chi connectivity index (χ3n) is 5.11. The molecule has 0 aliphatic rings. The zero-order valence-corrected chi connectivity index (χ0v) is 16.8. The first-order valence-electron chi connectivity index (χ1n) is 11.0. The molecule has 0 rings (SSSR count). The molecule has 0 saturated heterocycles. The molecule has 0 nitrogen and oxygen atoms in total. The van der Waals surface area contributed by atoms with E-state index in [-0.39, 0.29) is 0 Å². The third-order valence-corrected chi connectivity index (χ3v) is 5.11. The Morgan fingerprint density at radius 2 is 0.783 bits per heavy atom. The molecule has 0 radical (unpaired) electrons. The van der Waals surface area contributed by atoms with Gasteiger partial charge in [0, 0.05) is 0 Å². The minimum absolute atomic E-state index is 1.36. The summed E-state index contributed by atoms with van der Waals surface area (Å²) in [5, 5.41) is 0. The number of hydrogen-bond donors (Lipinski definition) is 0. The van der Waals surface area contributed by atoms with Gasteiger partial charge >= 0.3 is 0 Å². The molecule has 0 atom stereocenters. The number of rotatable bonds is 18. The largest absolute Gasteiger partial charge is 0.0885 e. The van der Waals surface area contributed by atoms with Crippen LogP contribution < -0.4 is 0 Å². The lowest BCUT2D eigenvalue weighted by Gasteiger charge is -2.07. The Balaban J connectivity index is 3.33. The van der Waals surface area contributed by atoms with E-state index in [0.717, 1.165) is 0 Å². The lowest BCUT2D eigenvalue weighted by molar-refractivity contribution is 0.560. The highest BCUT2D eigenvalue weighted by Gasteiger charge is 1.98. The van der Waals surface area contributed by atoms with Crippen LogP contribution in [0.3, 0.4) is 0 Å². The summed E-state index contributed by atoms with van der Waals surface area (Å²) in [5.41, 5.74) is 1.72. The fourth-order valence-corrected chi connectivity index (χ4v) is 3.39. The number of allylic oxidation sites excluding steroid dienone is 2. The van der Waals surface area contributed by atoms with E-state index in [1.165, 1.54) is 116 Å². The van der Waals surface area contributed by atoms with Gasteiger partial charge in [-0.05, 0) is 32.6 Å². The summed E-state index contributed by atoms with van der Waals surface area (Å²) in [6, 6.07) is 0. The van der Waals surface area contributed by atoms with E-state index in [0.29, 0.717) is 0 Å². The maximum atomic E-state index is 2.39. The summed E-state index contributed by atoms with van der Waals surface area (Å²) in [7, 11) is 0. The van der Waals surface area contributed by atoms with Crippen LogP contribution in [-0.2, 0) is 0 Å². The molecule has 0 amide bonds. The molecule has 0 spiro atoms. The van der Waals surface area contributed by atoms with Gasteiger partial charge in [0.2, 0.25) is 0 Å². The summed E-state index contributed by atoms with van der Waals surface area (Å²) < 4.78 is 0. The lowest BCUT2D eigenvalue weighted by atomic mass is 9.99. The molecule has 0 heterocycles. The van der Waals surface area contributed by atoms with Crippen LogP contribution in [0, 0.1) is 0 Å². The van der Waals surface area contributed by atoms with E-state index in [2.05, 4.69) is 26.8 Å². The second-order valence-electron chi connectivity index (χ2n) is 7.40. The lowest BCUT2D eigenvalue weighted by Crippen LogP contribution is -1.88. The van der Waals surface area contributed by atoms with Crippen molar-refractivity contribution < 1.29 is 0 Å². The van der Waals surface area contributed by atoms with Gasteiger partial charge in [-0.3, -0.25) is 0 Å². The average molecular weight is 323 g/mol. The highest BCUT2D eigenvalue weighted by atomic mass is 14.0. The Morgan fingerprint density at radius 1 is 0.478 bits per heavy atom. The van der Waals surface area contributed by atoms with E-state index >= 15 is 0 Å². The van der Waals surface area contributed by atoms with Crippen molar-refractivity contribution in [3.8, 4) is 0 Å². The Hall–Kier alpha value is -0.260. The van der Waals surface area contributed by atoms with Gasteiger partial charge in [0.25, 0.3) is 0 Å². The van der Waals surface area contributed by atoms with Crippen molar-refractivity contribution in [1.29, 1.82) is 0 Å².